The second kappa shape index (κ2) is 9.58. The Bertz CT molecular complexity index is 1240. The predicted molar refractivity (Wildman–Crippen MR) is 127 cm³/mol. The number of halogens is 1. The minimum atomic E-state index is -0.549. The summed E-state index contributed by atoms with van der Waals surface area (Å²) in [6, 6.07) is 20.9. The molecule has 7 nitrogen and oxygen atoms in total. The Morgan fingerprint density at radius 3 is 2.52 bits per heavy atom. The smallest absolute Gasteiger partial charge is 0.282 e. The molecule has 0 saturated carbocycles. The Kier molecular flexibility index (Phi) is 6.42. The lowest BCUT2D eigenvalue weighted by Crippen LogP contribution is -2.35. The molecule has 2 N–H and O–H groups in total. The average Bonchev–Trinajstić information content (AvgIpc) is 3.09. The zero-order valence-electron chi connectivity index (χ0n) is 17.7. The fourth-order valence-electron chi connectivity index (χ4n) is 3.21. The van der Waals surface area contributed by atoms with E-state index < -0.39 is 11.8 Å². The molecular weight excluding hydrogens is 442 g/mol. The Morgan fingerprint density at radius 2 is 1.79 bits per heavy atom. The summed E-state index contributed by atoms with van der Waals surface area (Å²) in [5.41, 5.74) is 5.15. The summed E-state index contributed by atoms with van der Waals surface area (Å²) in [5.74, 6) is -1.09. The van der Waals surface area contributed by atoms with Crippen LogP contribution >= 0.6 is 11.6 Å². The van der Waals surface area contributed by atoms with Gasteiger partial charge >= 0.3 is 0 Å². The van der Waals surface area contributed by atoms with Crippen LogP contribution in [0.2, 0.25) is 5.02 Å². The van der Waals surface area contributed by atoms with Crippen molar-refractivity contribution >= 4 is 46.8 Å². The van der Waals surface area contributed by atoms with E-state index in [1.165, 1.54) is 11.1 Å². The summed E-state index contributed by atoms with van der Waals surface area (Å²) >= 11 is 6.12. The molecule has 3 aromatic rings. The first-order valence-corrected chi connectivity index (χ1v) is 10.5. The van der Waals surface area contributed by atoms with Crippen LogP contribution in [-0.4, -0.2) is 24.3 Å². The Morgan fingerprint density at radius 1 is 1.06 bits per heavy atom. The maximum atomic E-state index is 12.8. The van der Waals surface area contributed by atoms with Gasteiger partial charge in [0.2, 0.25) is 0 Å². The molecule has 1 heterocycles. The minimum absolute atomic E-state index is 0.0740. The van der Waals surface area contributed by atoms with Crippen LogP contribution in [0.25, 0.3) is 6.08 Å². The van der Waals surface area contributed by atoms with Gasteiger partial charge in [-0.25, -0.2) is 5.01 Å². The number of anilines is 2. The number of nitrogens with zero attached hydrogens (tertiary/aromatic N) is 1. The number of carbonyl (C=O) groups is 3. The number of ether oxygens (including phenoxy) is 1. The van der Waals surface area contributed by atoms with E-state index in [4.69, 9.17) is 16.3 Å². The zero-order chi connectivity index (χ0) is 23.4. The topological polar surface area (TPSA) is 87.7 Å². The van der Waals surface area contributed by atoms with E-state index in [0.29, 0.717) is 27.7 Å². The number of nitrogens with one attached hydrogen (secondary N) is 2. The number of rotatable bonds is 6. The third kappa shape index (κ3) is 5.22. The number of benzene rings is 3. The summed E-state index contributed by atoms with van der Waals surface area (Å²) in [7, 11) is 0. The summed E-state index contributed by atoms with van der Waals surface area (Å²) in [4.78, 5) is 37.6. The number of aryl methyl sites for hydroxylation is 1. The molecule has 0 aliphatic carbocycles. The van der Waals surface area contributed by atoms with Crippen LogP contribution < -0.4 is 20.5 Å². The lowest BCUT2D eigenvalue weighted by atomic mass is 10.1. The zero-order valence-corrected chi connectivity index (χ0v) is 18.4. The van der Waals surface area contributed by atoms with E-state index >= 15 is 0 Å². The van der Waals surface area contributed by atoms with E-state index in [0.717, 1.165) is 5.56 Å². The molecular formula is C25H20ClN3O4. The number of carbonyl (C=O) groups excluding carboxylic acids is 3. The highest BCUT2D eigenvalue weighted by atomic mass is 35.5. The number of amides is 3. The van der Waals surface area contributed by atoms with Gasteiger partial charge in [-0.2, -0.15) is 0 Å². The highest BCUT2D eigenvalue weighted by Gasteiger charge is 2.34. The monoisotopic (exact) mass is 461 g/mol. The minimum Gasteiger partial charge on any atom is -0.483 e. The standard InChI is InChI=1S/C25H20ClN3O4/c1-16-7-10-19(11-8-16)27-23(30)15-33-22-12-9-18(26)13-17(22)14-21-24(31)28-29(25(21)32)20-5-3-2-4-6-20/h2-14H,15H2,1H3,(H,27,30)(H,28,31). The van der Waals surface area contributed by atoms with Gasteiger partial charge in [-0.15, -0.1) is 0 Å². The van der Waals surface area contributed by atoms with Crippen molar-refractivity contribution in [3.63, 3.8) is 0 Å². The molecule has 0 spiro atoms. The molecule has 0 bridgehead atoms. The van der Waals surface area contributed by atoms with Gasteiger partial charge in [0.1, 0.15) is 11.3 Å². The molecule has 1 saturated heterocycles. The Balaban J connectivity index is 1.51. The van der Waals surface area contributed by atoms with Gasteiger partial charge in [0.15, 0.2) is 6.61 Å². The van der Waals surface area contributed by atoms with Crippen molar-refractivity contribution in [3.05, 3.63) is 94.5 Å². The maximum absolute atomic E-state index is 12.8. The van der Waals surface area contributed by atoms with Crippen molar-refractivity contribution in [3.8, 4) is 5.75 Å². The van der Waals surface area contributed by atoms with Crippen LogP contribution in [0.5, 0.6) is 5.75 Å². The van der Waals surface area contributed by atoms with Crippen LogP contribution in [0.3, 0.4) is 0 Å². The van der Waals surface area contributed by atoms with Gasteiger partial charge in [0.05, 0.1) is 5.69 Å². The summed E-state index contributed by atoms with van der Waals surface area (Å²) in [6.45, 7) is 1.70. The summed E-state index contributed by atoms with van der Waals surface area (Å²) in [5, 5.41) is 4.32. The summed E-state index contributed by atoms with van der Waals surface area (Å²) in [6.07, 6.45) is 1.40. The molecule has 3 aromatic carbocycles. The number of para-hydroxylation sites is 1. The van der Waals surface area contributed by atoms with Crippen LogP contribution in [0.4, 0.5) is 11.4 Å². The molecule has 1 fully saturated rings. The van der Waals surface area contributed by atoms with Gasteiger partial charge < -0.3 is 10.1 Å². The van der Waals surface area contributed by atoms with Crippen molar-refractivity contribution in [1.82, 2.24) is 5.43 Å². The molecule has 0 radical (unpaired) electrons. The number of hydrogen-bond donors (Lipinski definition) is 2. The van der Waals surface area contributed by atoms with Crippen molar-refractivity contribution in [2.24, 2.45) is 0 Å². The van der Waals surface area contributed by atoms with Crippen molar-refractivity contribution < 1.29 is 19.1 Å². The first-order valence-electron chi connectivity index (χ1n) is 10.1. The SMILES string of the molecule is Cc1ccc(NC(=O)COc2ccc(Cl)cc2C=C2C(=O)NN(c3ccccc3)C2=O)cc1. The van der Waals surface area contributed by atoms with Gasteiger partial charge in [-0.1, -0.05) is 47.5 Å². The van der Waals surface area contributed by atoms with Gasteiger partial charge in [-0.05, 0) is 55.5 Å². The highest BCUT2D eigenvalue weighted by molar-refractivity contribution is 6.32. The van der Waals surface area contributed by atoms with Crippen LogP contribution in [0.1, 0.15) is 11.1 Å². The van der Waals surface area contributed by atoms with E-state index in [1.54, 1.807) is 54.6 Å². The molecule has 0 atom stereocenters. The lowest BCUT2D eigenvalue weighted by molar-refractivity contribution is -0.118. The van der Waals surface area contributed by atoms with Gasteiger partial charge in [0.25, 0.3) is 17.7 Å². The molecule has 4 rings (SSSR count). The number of hydrogen-bond acceptors (Lipinski definition) is 4. The fourth-order valence-corrected chi connectivity index (χ4v) is 3.39. The average molecular weight is 462 g/mol. The second-order valence-electron chi connectivity index (χ2n) is 7.36. The number of hydrazine groups is 1. The van der Waals surface area contributed by atoms with E-state index in [-0.39, 0.29) is 18.1 Å². The molecule has 3 amide bonds. The molecule has 0 aromatic heterocycles. The Hall–Kier alpha value is -4.10. The van der Waals surface area contributed by atoms with Crippen LogP contribution in [-0.2, 0) is 14.4 Å². The molecule has 1 aliphatic rings. The maximum Gasteiger partial charge on any atom is 0.282 e. The second-order valence-corrected chi connectivity index (χ2v) is 7.80. The van der Waals surface area contributed by atoms with Gasteiger partial charge in [0, 0.05) is 16.3 Å². The van der Waals surface area contributed by atoms with Crippen molar-refractivity contribution in [2.45, 2.75) is 6.92 Å². The highest BCUT2D eigenvalue weighted by Crippen LogP contribution is 2.28. The van der Waals surface area contributed by atoms with E-state index in [9.17, 15) is 14.4 Å². The predicted octanol–water partition coefficient (Wildman–Crippen LogP) is 4.13. The molecule has 0 unspecified atom stereocenters. The fraction of sp³-hybridized carbons (Fsp3) is 0.0800. The molecule has 1 aliphatic heterocycles. The third-order valence-corrected chi connectivity index (χ3v) is 5.11. The first-order chi connectivity index (χ1) is 15.9. The molecule has 8 heteroatoms. The Labute approximate surface area is 195 Å². The van der Waals surface area contributed by atoms with Crippen LogP contribution in [0, 0.1) is 6.92 Å². The van der Waals surface area contributed by atoms with Crippen molar-refractivity contribution in [1.29, 1.82) is 0 Å². The molecule has 33 heavy (non-hydrogen) atoms. The normalized spacial score (nSPS) is 14.4. The van der Waals surface area contributed by atoms with Crippen molar-refractivity contribution in [2.75, 3.05) is 16.9 Å². The first kappa shape index (κ1) is 22.1. The van der Waals surface area contributed by atoms with E-state index in [2.05, 4.69) is 10.7 Å². The summed E-state index contributed by atoms with van der Waals surface area (Å²) < 4.78 is 5.67. The van der Waals surface area contributed by atoms with Gasteiger partial charge in [-0.3, -0.25) is 19.8 Å². The van der Waals surface area contributed by atoms with Crippen LogP contribution in [0.15, 0.2) is 78.4 Å². The lowest BCUT2D eigenvalue weighted by Gasteiger charge is -2.14. The van der Waals surface area contributed by atoms with E-state index in [1.807, 2.05) is 25.1 Å². The third-order valence-electron chi connectivity index (χ3n) is 4.87. The molecule has 166 valence electrons. The largest absolute Gasteiger partial charge is 0.483 e. The quantitative estimate of drug-likeness (QED) is 0.427.